The maximum Gasteiger partial charge on any atom is 0.336 e. The lowest BCUT2D eigenvalue weighted by Crippen LogP contribution is -2.37. The number of amides is 1. The van der Waals surface area contributed by atoms with Crippen molar-refractivity contribution in [3.05, 3.63) is 39.7 Å². The molecule has 1 atom stereocenters. The van der Waals surface area contributed by atoms with Gasteiger partial charge in [-0.25, -0.2) is 4.79 Å². The zero-order chi connectivity index (χ0) is 17.7. The molecule has 1 amide bonds. The third-order valence-corrected chi connectivity index (χ3v) is 3.88. The van der Waals surface area contributed by atoms with Crippen LogP contribution < -0.4 is 15.7 Å². The molecule has 130 valence electrons. The van der Waals surface area contributed by atoms with Crippen LogP contribution in [0.25, 0.3) is 11.0 Å². The predicted octanol–water partition coefficient (Wildman–Crippen LogP) is 1.93. The van der Waals surface area contributed by atoms with Gasteiger partial charge in [0.05, 0.1) is 0 Å². The van der Waals surface area contributed by atoms with Crippen LogP contribution in [0.5, 0.6) is 5.75 Å². The summed E-state index contributed by atoms with van der Waals surface area (Å²) in [5, 5.41) is 12.3. The highest BCUT2D eigenvalue weighted by atomic mass is 16.5. The van der Waals surface area contributed by atoms with Crippen molar-refractivity contribution in [1.82, 2.24) is 5.32 Å². The molecule has 0 radical (unpaired) electrons. The molecule has 6 heteroatoms. The third-order valence-electron chi connectivity index (χ3n) is 3.88. The normalized spacial score (nSPS) is 12.2. The second-order valence-electron chi connectivity index (χ2n) is 5.64. The Hall–Kier alpha value is -2.34. The Morgan fingerprint density at radius 2 is 2.17 bits per heavy atom. The van der Waals surface area contributed by atoms with E-state index in [9.17, 15) is 9.59 Å². The summed E-state index contributed by atoms with van der Waals surface area (Å²) in [6.07, 6.45) is 0.532. The summed E-state index contributed by atoms with van der Waals surface area (Å²) in [7, 11) is 0. The molecule has 0 saturated carbocycles. The number of rotatable bonds is 7. The quantitative estimate of drug-likeness (QED) is 0.597. The van der Waals surface area contributed by atoms with Crippen molar-refractivity contribution in [2.75, 3.05) is 13.2 Å². The maximum atomic E-state index is 12.0. The van der Waals surface area contributed by atoms with Crippen molar-refractivity contribution in [3.63, 3.8) is 0 Å². The Labute approximate surface area is 140 Å². The summed E-state index contributed by atoms with van der Waals surface area (Å²) < 4.78 is 11.1. The van der Waals surface area contributed by atoms with Gasteiger partial charge in [0.15, 0.2) is 6.10 Å². The van der Waals surface area contributed by atoms with E-state index in [1.807, 2.05) is 13.0 Å². The van der Waals surface area contributed by atoms with E-state index in [1.165, 1.54) is 6.07 Å². The highest BCUT2D eigenvalue weighted by Gasteiger charge is 2.17. The zero-order valence-electron chi connectivity index (χ0n) is 14.2. The number of ether oxygens (including phenoxy) is 1. The number of hydrogen-bond donors (Lipinski definition) is 2. The number of hydrogen-bond acceptors (Lipinski definition) is 5. The van der Waals surface area contributed by atoms with Gasteiger partial charge in [-0.05, 0) is 44.4 Å². The van der Waals surface area contributed by atoms with Crippen LogP contribution in [0.3, 0.4) is 0 Å². The van der Waals surface area contributed by atoms with Gasteiger partial charge >= 0.3 is 5.63 Å². The lowest BCUT2D eigenvalue weighted by atomic mass is 10.0. The van der Waals surface area contributed by atoms with Crippen LogP contribution in [0.15, 0.2) is 27.4 Å². The van der Waals surface area contributed by atoms with E-state index in [0.717, 1.165) is 17.4 Å². The molecule has 1 unspecified atom stereocenters. The largest absolute Gasteiger partial charge is 0.480 e. The fourth-order valence-electron chi connectivity index (χ4n) is 2.51. The van der Waals surface area contributed by atoms with Crippen molar-refractivity contribution in [2.45, 2.75) is 39.7 Å². The van der Waals surface area contributed by atoms with Crippen LogP contribution in [0.1, 0.15) is 31.4 Å². The Morgan fingerprint density at radius 3 is 2.83 bits per heavy atom. The minimum Gasteiger partial charge on any atom is -0.480 e. The summed E-state index contributed by atoms with van der Waals surface area (Å²) in [6, 6.07) is 5.13. The van der Waals surface area contributed by atoms with Gasteiger partial charge in [-0.3, -0.25) is 4.79 Å². The molecule has 0 bridgehead atoms. The molecule has 0 saturated heterocycles. The van der Waals surface area contributed by atoms with Crippen LogP contribution in [0.2, 0.25) is 0 Å². The summed E-state index contributed by atoms with van der Waals surface area (Å²) in [5.41, 5.74) is 1.71. The lowest BCUT2D eigenvalue weighted by molar-refractivity contribution is -0.127. The van der Waals surface area contributed by atoms with Gasteiger partial charge in [0.2, 0.25) is 0 Å². The standard InChI is InChI=1S/C18H23NO5/c1-4-13-10-16(21)24-17-11(2)15(7-6-14(13)17)23-12(3)18(22)19-8-5-9-20/h6-7,10,12,20H,4-5,8-9H2,1-3H3,(H,19,22). The first-order valence-corrected chi connectivity index (χ1v) is 8.09. The molecule has 2 rings (SSSR count). The van der Waals surface area contributed by atoms with Crippen LogP contribution in [-0.2, 0) is 11.2 Å². The first kappa shape index (κ1) is 18.0. The molecule has 2 aromatic rings. The molecular weight excluding hydrogens is 310 g/mol. The molecule has 2 N–H and O–H groups in total. The van der Waals surface area contributed by atoms with Crippen molar-refractivity contribution < 1.29 is 19.1 Å². The SMILES string of the molecule is CCc1cc(=O)oc2c(C)c(OC(C)C(=O)NCCCO)ccc12. The molecule has 1 heterocycles. The number of fused-ring (bicyclic) bond motifs is 1. The predicted molar refractivity (Wildman–Crippen MR) is 91.4 cm³/mol. The Bertz CT molecular complexity index is 781. The van der Waals surface area contributed by atoms with E-state index >= 15 is 0 Å². The lowest BCUT2D eigenvalue weighted by Gasteiger charge is -2.17. The van der Waals surface area contributed by atoms with E-state index in [1.54, 1.807) is 19.9 Å². The minimum absolute atomic E-state index is 0.0259. The minimum atomic E-state index is -0.694. The van der Waals surface area contributed by atoms with E-state index in [-0.39, 0.29) is 12.5 Å². The fraction of sp³-hybridized carbons (Fsp3) is 0.444. The molecule has 0 fully saturated rings. The molecule has 0 aliphatic carbocycles. The number of aliphatic hydroxyl groups is 1. The summed E-state index contributed by atoms with van der Waals surface area (Å²) in [5.74, 6) is 0.246. The first-order valence-electron chi connectivity index (χ1n) is 8.09. The van der Waals surface area contributed by atoms with Crippen LogP contribution >= 0.6 is 0 Å². The zero-order valence-corrected chi connectivity index (χ0v) is 14.2. The smallest absolute Gasteiger partial charge is 0.336 e. The second kappa shape index (κ2) is 7.97. The van der Waals surface area contributed by atoms with Crippen molar-refractivity contribution in [1.29, 1.82) is 0 Å². The Balaban J connectivity index is 2.25. The topological polar surface area (TPSA) is 88.8 Å². The molecule has 6 nitrogen and oxygen atoms in total. The number of benzene rings is 1. The molecule has 0 spiro atoms. The molecule has 24 heavy (non-hydrogen) atoms. The average molecular weight is 333 g/mol. The van der Waals surface area contributed by atoms with Crippen molar-refractivity contribution in [2.24, 2.45) is 0 Å². The van der Waals surface area contributed by atoms with Gasteiger partial charge in [0.25, 0.3) is 5.91 Å². The van der Waals surface area contributed by atoms with Gasteiger partial charge in [-0.2, -0.15) is 0 Å². The second-order valence-corrected chi connectivity index (χ2v) is 5.64. The molecule has 1 aromatic carbocycles. The first-order chi connectivity index (χ1) is 11.5. The molecule has 1 aromatic heterocycles. The van der Waals surface area contributed by atoms with E-state index in [4.69, 9.17) is 14.3 Å². The average Bonchev–Trinajstić information content (AvgIpc) is 2.57. The molecular formula is C18H23NO5. The van der Waals surface area contributed by atoms with Crippen LogP contribution in [0.4, 0.5) is 0 Å². The summed E-state index contributed by atoms with van der Waals surface area (Å²) in [4.78, 5) is 23.7. The maximum absolute atomic E-state index is 12.0. The monoisotopic (exact) mass is 333 g/mol. The molecule has 0 aliphatic heterocycles. The van der Waals surface area contributed by atoms with Crippen molar-refractivity contribution >= 4 is 16.9 Å². The number of carbonyl (C=O) groups is 1. The van der Waals surface area contributed by atoms with E-state index < -0.39 is 11.7 Å². The van der Waals surface area contributed by atoms with Gasteiger partial charge in [-0.15, -0.1) is 0 Å². The third kappa shape index (κ3) is 3.94. The number of aryl methyl sites for hydroxylation is 2. The van der Waals surface area contributed by atoms with Gasteiger partial charge in [0, 0.05) is 30.2 Å². The van der Waals surface area contributed by atoms with Gasteiger partial charge < -0.3 is 19.6 Å². The van der Waals surface area contributed by atoms with E-state index in [0.29, 0.717) is 29.9 Å². The van der Waals surface area contributed by atoms with Gasteiger partial charge in [-0.1, -0.05) is 6.92 Å². The fourth-order valence-corrected chi connectivity index (χ4v) is 2.51. The number of nitrogens with one attached hydrogen (secondary N) is 1. The van der Waals surface area contributed by atoms with Crippen molar-refractivity contribution in [3.8, 4) is 5.75 Å². The Kier molecular flexibility index (Phi) is 5.98. The van der Waals surface area contributed by atoms with Gasteiger partial charge in [0.1, 0.15) is 11.3 Å². The van der Waals surface area contributed by atoms with Crippen LogP contribution in [-0.4, -0.2) is 30.3 Å². The highest BCUT2D eigenvalue weighted by molar-refractivity contribution is 5.85. The van der Waals surface area contributed by atoms with Crippen LogP contribution in [0, 0.1) is 6.92 Å². The highest BCUT2D eigenvalue weighted by Crippen LogP contribution is 2.29. The number of aliphatic hydroxyl groups excluding tert-OH is 1. The van der Waals surface area contributed by atoms with E-state index in [2.05, 4.69) is 5.32 Å². The summed E-state index contributed by atoms with van der Waals surface area (Å²) >= 11 is 0. The molecule has 0 aliphatic rings. The Morgan fingerprint density at radius 1 is 1.42 bits per heavy atom. The summed E-state index contributed by atoms with van der Waals surface area (Å²) in [6.45, 7) is 5.85. The number of carbonyl (C=O) groups excluding carboxylic acids is 1.